The van der Waals surface area contributed by atoms with Crippen LogP contribution in [0.2, 0.25) is 0 Å². The van der Waals surface area contributed by atoms with Gasteiger partial charge in [0.2, 0.25) is 0 Å². The molecule has 4 heteroatoms. The van der Waals surface area contributed by atoms with Crippen molar-refractivity contribution < 1.29 is 9.31 Å². The molecule has 0 spiro atoms. The number of rotatable bonds is 2. The van der Waals surface area contributed by atoms with Crippen LogP contribution in [0.15, 0.2) is 72.8 Å². The molecule has 1 aliphatic rings. The number of nitrogens with zero attached hydrogens (tertiary/aromatic N) is 1. The standard InChI is InChI=1S/C25H20BNO2/c1-25(2)16-28-26(29-25)20-12-17(15-27)11-19(13-20)24-14-18-7-3-4-8-21(18)22-9-5-6-10-23(22)24/h3-14H,16H2,1-2H3. The van der Waals surface area contributed by atoms with Gasteiger partial charge in [-0.2, -0.15) is 5.26 Å². The summed E-state index contributed by atoms with van der Waals surface area (Å²) in [5.41, 5.74) is 3.25. The summed E-state index contributed by atoms with van der Waals surface area (Å²) in [4.78, 5) is 0. The summed E-state index contributed by atoms with van der Waals surface area (Å²) in [6.07, 6.45) is 0. The summed E-state index contributed by atoms with van der Waals surface area (Å²) in [6, 6.07) is 27.2. The highest BCUT2D eigenvalue weighted by atomic mass is 16.7. The minimum atomic E-state index is -0.455. The highest BCUT2D eigenvalue weighted by Crippen LogP contribution is 2.35. The Balaban J connectivity index is 1.74. The molecule has 5 rings (SSSR count). The Labute approximate surface area is 170 Å². The van der Waals surface area contributed by atoms with E-state index in [4.69, 9.17) is 9.31 Å². The molecule has 0 radical (unpaired) electrons. The number of fused-ring (bicyclic) bond motifs is 3. The van der Waals surface area contributed by atoms with E-state index >= 15 is 0 Å². The maximum absolute atomic E-state index is 9.63. The molecule has 1 fully saturated rings. The first-order valence-corrected chi connectivity index (χ1v) is 9.79. The topological polar surface area (TPSA) is 42.2 Å². The zero-order valence-corrected chi connectivity index (χ0v) is 16.5. The van der Waals surface area contributed by atoms with Crippen molar-refractivity contribution in [1.82, 2.24) is 0 Å². The lowest BCUT2D eigenvalue weighted by Crippen LogP contribution is -2.34. The van der Waals surface area contributed by atoms with Gasteiger partial charge >= 0.3 is 7.12 Å². The molecule has 0 unspecified atom stereocenters. The fourth-order valence-corrected chi connectivity index (χ4v) is 4.10. The van der Waals surface area contributed by atoms with E-state index in [1.807, 2.05) is 26.0 Å². The maximum Gasteiger partial charge on any atom is 0.494 e. The first-order valence-electron chi connectivity index (χ1n) is 9.79. The predicted molar refractivity (Wildman–Crippen MR) is 118 cm³/mol. The van der Waals surface area contributed by atoms with Gasteiger partial charge in [0.1, 0.15) is 0 Å². The van der Waals surface area contributed by atoms with Crippen LogP contribution in [0.1, 0.15) is 19.4 Å². The van der Waals surface area contributed by atoms with Crippen LogP contribution in [0.25, 0.3) is 32.7 Å². The first kappa shape index (κ1) is 17.9. The lowest BCUT2D eigenvalue weighted by Gasteiger charge is -2.16. The molecule has 0 aliphatic carbocycles. The van der Waals surface area contributed by atoms with Gasteiger partial charge in [-0.3, -0.25) is 0 Å². The highest BCUT2D eigenvalue weighted by Gasteiger charge is 2.38. The molecule has 1 aliphatic heterocycles. The number of hydrogen-bond acceptors (Lipinski definition) is 3. The second kappa shape index (κ2) is 6.74. The fraction of sp³-hybridized carbons (Fsp3) is 0.160. The Hall–Kier alpha value is -3.13. The molecule has 0 bridgehead atoms. The third kappa shape index (κ3) is 3.19. The van der Waals surface area contributed by atoms with E-state index in [1.54, 1.807) is 0 Å². The van der Waals surface area contributed by atoms with E-state index < -0.39 is 7.12 Å². The van der Waals surface area contributed by atoms with Crippen LogP contribution in [-0.2, 0) is 9.31 Å². The van der Waals surface area contributed by atoms with Gasteiger partial charge in [-0.25, -0.2) is 0 Å². The zero-order valence-electron chi connectivity index (χ0n) is 16.5. The predicted octanol–water partition coefficient (Wildman–Crippen LogP) is 5.05. The van der Waals surface area contributed by atoms with Crippen LogP contribution in [-0.4, -0.2) is 19.3 Å². The first-order chi connectivity index (χ1) is 14.0. The minimum absolute atomic E-state index is 0.330. The highest BCUT2D eigenvalue weighted by molar-refractivity contribution is 6.62. The van der Waals surface area contributed by atoms with Crippen molar-refractivity contribution in [1.29, 1.82) is 5.26 Å². The molecule has 140 valence electrons. The van der Waals surface area contributed by atoms with Gasteiger partial charge in [0.05, 0.1) is 23.8 Å². The maximum atomic E-state index is 9.63. The monoisotopic (exact) mass is 377 g/mol. The van der Waals surface area contributed by atoms with Gasteiger partial charge in [0.25, 0.3) is 0 Å². The van der Waals surface area contributed by atoms with Crippen LogP contribution in [0, 0.1) is 11.3 Å². The molecular weight excluding hydrogens is 357 g/mol. The molecule has 3 nitrogen and oxygen atoms in total. The second-order valence-corrected chi connectivity index (χ2v) is 8.17. The third-order valence-corrected chi connectivity index (χ3v) is 5.44. The largest absolute Gasteiger partial charge is 0.494 e. The minimum Gasteiger partial charge on any atom is -0.404 e. The molecule has 4 aromatic rings. The van der Waals surface area contributed by atoms with E-state index in [9.17, 15) is 5.26 Å². The van der Waals surface area contributed by atoms with Crippen molar-refractivity contribution in [2.45, 2.75) is 19.4 Å². The quantitative estimate of drug-likeness (QED) is 0.363. The van der Waals surface area contributed by atoms with E-state index in [1.165, 1.54) is 21.5 Å². The van der Waals surface area contributed by atoms with Crippen LogP contribution < -0.4 is 5.46 Å². The second-order valence-electron chi connectivity index (χ2n) is 8.17. The molecule has 29 heavy (non-hydrogen) atoms. The van der Waals surface area contributed by atoms with Crippen molar-refractivity contribution in [2.75, 3.05) is 6.61 Å². The van der Waals surface area contributed by atoms with Crippen LogP contribution in [0.5, 0.6) is 0 Å². The van der Waals surface area contributed by atoms with Gasteiger partial charge < -0.3 is 9.31 Å². The Morgan fingerprint density at radius 1 is 0.897 bits per heavy atom. The van der Waals surface area contributed by atoms with Gasteiger partial charge in [0, 0.05) is 0 Å². The van der Waals surface area contributed by atoms with Crippen molar-refractivity contribution in [3.63, 3.8) is 0 Å². The average molecular weight is 377 g/mol. The van der Waals surface area contributed by atoms with Gasteiger partial charge in [0.15, 0.2) is 0 Å². The van der Waals surface area contributed by atoms with Gasteiger partial charge in [-0.15, -0.1) is 0 Å². The summed E-state index contributed by atoms with van der Waals surface area (Å²) in [5.74, 6) is 0. The molecule has 0 amide bonds. The summed E-state index contributed by atoms with van der Waals surface area (Å²) in [7, 11) is -0.455. The Bertz CT molecular complexity index is 1290. The van der Waals surface area contributed by atoms with E-state index in [2.05, 4.69) is 66.7 Å². The Morgan fingerprint density at radius 3 is 2.34 bits per heavy atom. The summed E-state index contributed by atoms with van der Waals surface area (Å²) < 4.78 is 11.9. The van der Waals surface area contributed by atoms with E-state index in [0.717, 1.165) is 16.6 Å². The van der Waals surface area contributed by atoms with Crippen LogP contribution in [0.4, 0.5) is 0 Å². The molecule has 1 heterocycles. The molecule has 1 saturated heterocycles. The molecule has 0 atom stereocenters. The van der Waals surface area contributed by atoms with Crippen molar-refractivity contribution >= 4 is 34.1 Å². The van der Waals surface area contributed by atoms with E-state index in [-0.39, 0.29) is 5.60 Å². The molecule has 4 aromatic carbocycles. The lowest BCUT2D eigenvalue weighted by atomic mass is 9.76. The molecule has 0 aromatic heterocycles. The number of benzene rings is 4. The molecule has 0 N–H and O–H groups in total. The summed E-state index contributed by atoms with van der Waals surface area (Å²) >= 11 is 0. The normalized spacial score (nSPS) is 15.7. The summed E-state index contributed by atoms with van der Waals surface area (Å²) in [5, 5.41) is 14.4. The Morgan fingerprint density at radius 2 is 1.62 bits per heavy atom. The van der Waals surface area contributed by atoms with Crippen molar-refractivity contribution in [2.24, 2.45) is 0 Å². The zero-order chi connectivity index (χ0) is 20.0. The smallest absolute Gasteiger partial charge is 0.404 e. The fourth-order valence-electron chi connectivity index (χ4n) is 4.10. The van der Waals surface area contributed by atoms with Gasteiger partial charge in [-0.05, 0) is 70.2 Å². The number of hydrogen-bond donors (Lipinski definition) is 0. The summed E-state index contributed by atoms with van der Waals surface area (Å²) in [6.45, 7) is 4.56. The SMILES string of the molecule is CC1(C)COB(c2cc(C#N)cc(-c3cc4ccccc4c4ccccc34)c2)O1. The number of nitriles is 1. The van der Waals surface area contributed by atoms with Crippen molar-refractivity contribution in [3.8, 4) is 17.2 Å². The average Bonchev–Trinajstić information content (AvgIpc) is 3.12. The Kier molecular flexibility index (Phi) is 4.17. The molecular formula is C25H20BNO2. The lowest BCUT2D eigenvalue weighted by molar-refractivity contribution is 0.137. The molecule has 0 saturated carbocycles. The van der Waals surface area contributed by atoms with E-state index in [0.29, 0.717) is 12.2 Å². The van der Waals surface area contributed by atoms with Crippen LogP contribution >= 0.6 is 0 Å². The van der Waals surface area contributed by atoms with Crippen LogP contribution in [0.3, 0.4) is 0 Å². The van der Waals surface area contributed by atoms with Gasteiger partial charge in [-0.1, -0.05) is 54.6 Å². The third-order valence-electron chi connectivity index (χ3n) is 5.44. The van der Waals surface area contributed by atoms with Crippen molar-refractivity contribution in [3.05, 3.63) is 78.4 Å².